The summed E-state index contributed by atoms with van der Waals surface area (Å²) in [6.07, 6.45) is 2.97. The van der Waals surface area contributed by atoms with Gasteiger partial charge in [0.25, 0.3) is 0 Å². The van der Waals surface area contributed by atoms with Crippen molar-refractivity contribution in [3.05, 3.63) is 42.3 Å². The minimum atomic E-state index is 0. The van der Waals surface area contributed by atoms with Gasteiger partial charge in [-0.2, -0.15) is 10.2 Å². The number of nitrogens with zero attached hydrogens (tertiary/aromatic N) is 4. The molecule has 0 atom stereocenters. The van der Waals surface area contributed by atoms with Crippen molar-refractivity contribution < 1.29 is 21.5 Å². The van der Waals surface area contributed by atoms with Crippen LogP contribution in [-0.2, 0) is 29.7 Å². The quantitative estimate of drug-likeness (QED) is 0.144. The number of hydrogen-bond donors (Lipinski definition) is 3. The molecule has 2 aromatic rings. The summed E-state index contributed by atoms with van der Waals surface area (Å²) >= 11 is 10.1. The third-order valence-electron chi connectivity index (χ3n) is 3.05. The molecule has 0 aliphatic heterocycles. The van der Waals surface area contributed by atoms with Crippen LogP contribution < -0.4 is 16.2 Å². The second-order valence-electron chi connectivity index (χ2n) is 5.02. The summed E-state index contributed by atoms with van der Waals surface area (Å²) in [6, 6.07) is 9.56. The van der Waals surface area contributed by atoms with Crippen LogP contribution in [0.15, 0.2) is 56.2 Å². The van der Waals surface area contributed by atoms with Crippen LogP contribution in [-0.4, -0.2) is 40.3 Å². The van der Waals surface area contributed by atoms with Crippen molar-refractivity contribution in [2.45, 2.75) is 13.8 Å². The van der Waals surface area contributed by atoms with Gasteiger partial charge in [-0.3, -0.25) is 15.8 Å². The molecular formula is C17H20CuN7OS2. The van der Waals surface area contributed by atoms with Crippen molar-refractivity contribution >= 4 is 47.1 Å². The number of amidine groups is 1. The first kappa shape index (κ1) is 23.7. The van der Waals surface area contributed by atoms with Crippen LogP contribution in [0.4, 0.5) is 0 Å². The molecule has 0 saturated heterocycles. The Labute approximate surface area is 185 Å². The first-order chi connectivity index (χ1) is 13.1. The SMILES string of the molecule is CCN=C([S-])N/N=C(/C=N/NC(=S)NCC)c1coc(-c2ccccc2)n1.[Cu+]. The predicted octanol–water partition coefficient (Wildman–Crippen LogP) is 2.03. The first-order valence-corrected chi connectivity index (χ1v) is 9.09. The Kier molecular flexibility index (Phi) is 11.0. The number of thiocarbonyl (C=S) groups is 1. The summed E-state index contributed by atoms with van der Waals surface area (Å²) in [7, 11) is 0. The Morgan fingerprint density at radius 1 is 1.25 bits per heavy atom. The van der Waals surface area contributed by atoms with Crippen LogP contribution in [0.2, 0.25) is 0 Å². The maximum atomic E-state index is 5.56. The zero-order chi connectivity index (χ0) is 19.5. The van der Waals surface area contributed by atoms with Gasteiger partial charge < -0.3 is 22.4 Å². The Morgan fingerprint density at radius 3 is 2.68 bits per heavy atom. The van der Waals surface area contributed by atoms with Gasteiger partial charge >= 0.3 is 17.1 Å². The van der Waals surface area contributed by atoms with E-state index in [0.717, 1.165) is 5.56 Å². The second kappa shape index (κ2) is 12.9. The summed E-state index contributed by atoms with van der Waals surface area (Å²) < 4.78 is 5.56. The van der Waals surface area contributed by atoms with E-state index in [0.29, 0.717) is 35.5 Å². The molecule has 0 spiro atoms. The molecule has 0 aliphatic rings. The number of oxazole rings is 1. The molecule has 1 aromatic heterocycles. The number of nitrogens with one attached hydrogen (secondary N) is 3. The number of hydrazone groups is 2. The molecular weight excluding hydrogens is 446 g/mol. The van der Waals surface area contributed by atoms with Crippen molar-refractivity contribution in [3.63, 3.8) is 0 Å². The largest absolute Gasteiger partial charge is 1.00 e. The molecule has 1 aromatic carbocycles. The molecule has 0 amide bonds. The summed E-state index contributed by atoms with van der Waals surface area (Å²) in [5.41, 5.74) is 7.15. The molecule has 0 unspecified atom stereocenters. The molecule has 8 nitrogen and oxygen atoms in total. The van der Waals surface area contributed by atoms with Crippen molar-refractivity contribution in [2.24, 2.45) is 15.2 Å². The van der Waals surface area contributed by atoms with E-state index in [-0.39, 0.29) is 22.2 Å². The van der Waals surface area contributed by atoms with Crippen LogP contribution >= 0.6 is 12.2 Å². The third-order valence-corrected chi connectivity index (χ3v) is 3.51. The molecule has 11 heteroatoms. The Morgan fingerprint density at radius 2 is 2.00 bits per heavy atom. The Hall–Kier alpha value is -2.33. The number of aromatic nitrogens is 1. The zero-order valence-electron chi connectivity index (χ0n) is 15.3. The number of benzene rings is 1. The number of aliphatic imine (C=N–C) groups is 1. The fourth-order valence-electron chi connectivity index (χ4n) is 1.90. The maximum Gasteiger partial charge on any atom is 1.00 e. The van der Waals surface area contributed by atoms with Crippen molar-refractivity contribution in [1.29, 1.82) is 0 Å². The fourth-order valence-corrected chi connectivity index (χ4v) is 2.27. The topological polar surface area (TPSA) is 99.2 Å². The summed E-state index contributed by atoms with van der Waals surface area (Å²) in [5.74, 6) is 0.476. The van der Waals surface area contributed by atoms with E-state index in [1.54, 1.807) is 0 Å². The van der Waals surface area contributed by atoms with E-state index in [2.05, 4.69) is 36.3 Å². The van der Waals surface area contributed by atoms with E-state index >= 15 is 0 Å². The number of hydrogen-bond acceptors (Lipinski definition) is 7. The number of rotatable bonds is 7. The van der Waals surface area contributed by atoms with E-state index in [1.165, 1.54) is 12.5 Å². The summed E-state index contributed by atoms with van der Waals surface area (Å²) in [5, 5.41) is 11.9. The average molecular weight is 466 g/mol. The monoisotopic (exact) mass is 465 g/mol. The Balaban J connectivity index is 0.00000392. The smallest absolute Gasteiger partial charge is 0.741 e. The normalized spacial score (nSPS) is 11.8. The van der Waals surface area contributed by atoms with E-state index in [1.807, 2.05) is 44.2 Å². The van der Waals surface area contributed by atoms with Crippen LogP contribution in [0.3, 0.4) is 0 Å². The van der Waals surface area contributed by atoms with Crippen LogP contribution in [0.5, 0.6) is 0 Å². The van der Waals surface area contributed by atoms with Gasteiger partial charge in [0.1, 0.15) is 17.7 Å². The molecule has 0 saturated carbocycles. The average Bonchev–Trinajstić information content (AvgIpc) is 3.15. The van der Waals surface area contributed by atoms with Gasteiger partial charge in [0.05, 0.1) is 6.21 Å². The zero-order valence-corrected chi connectivity index (χ0v) is 17.8. The predicted molar refractivity (Wildman–Crippen MR) is 115 cm³/mol. The van der Waals surface area contributed by atoms with E-state index in [9.17, 15) is 0 Å². The molecule has 1 heterocycles. The summed E-state index contributed by atoms with van der Waals surface area (Å²) in [6.45, 7) is 5.08. The van der Waals surface area contributed by atoms with Gasteiger partial charge in [-0.15, -0.1) is 0 Å². The molecule has 0 aliphatic carbocycles. The molecule has 0 radical (unpaired) electrons. The standard InChI is InChI=1S/C17H21N7OS2.Cu/c1-3-18-16(26)23-20-10-13(22-24-17(27)19-4-2)14-11-25-15(21-14)12-8-6-5-7-9-12;/h5-11H,3-4H2,1-2H3,(H2,18,23,26)(H2,19,24,27);/q;+1/p-1/b20-10+,22-13-;. The van der Waals surface area contributed by atoms with Crippen molar-refractivity contribution in [3.8, 4) is 11.5 Å². The molecule has 2 rings (SSSR count). The minimum Gasteiger partial charge on any atom is -0.741 e. The third kappa shape index (κ3) is 7.73. The van der Waals surface area contributed by atoms with Crippen molar-refractivity contribution in [1.82, 2.24) is 21.2 Å². The maximum absolute atomic E-state index is 5.56. The van der Waals surface area contributed by atoms with Gasteiger partial charge in [-0.25, -0.2) is 4.98 Å². The summed E-state index contributed by atoms with van der Waals surface area (Å²) in [4.78, 5) is 8.51. The van der Waals surface area contributed by atoms with E-state index in [4.69, 9.17) is 29.3 Å². The molecule has 0 bridgehead atoms. The fraction of sp³-hybridized carbons (Fsp3) is 0.235. The molecule has 152 valence electrons. The molecule has 0 fully saturated rings. The van der Waals surface area contributed by atoms with Crippen LogP contribution in [0.25, 0.3) is 11.5 Å². The van der Waals surface area contributed by atoms with Gasteiger partial charge in [0, 0.05) is 18.7 Å². The van der Waals surface area contributed by atoms with Crippen LogP contribution in [0, 0.1) is 0 Å². The van der Waals surface area contributed by atoms with Crippen LogP contribution in [0.1, 0.15) is 19.5 Å². The Bertz CT molecular complexity index is 837. The van der Waals surface area contributed by atoms with E-state index < -0.39 is 0 Å². The molecule has 3 N–H and O–H groups in total. The van der Waals surface area contributed by atoms with Gasteiger partial charge in [-0.1, -0.05) is 18.2 Å². The van der Waals surface area contributed by atoms with Gasteiger partial charge in [-0.05, 0) is 43.4 Å². The first-order valence-electron chi connectivity index (χ1n) is 8.27. The second-order valence-corrected chi connectivity index (χ2v) is 5.82. The van der Waals surface area contributed by atoms with Gasteiger partial charge in [0.15, 0.2) is 5.11 Å². The minimum absolute atomic E-state index is 0. The molecule has 28 heavy (non-hydrogen) atoms. The van der Waals surface area contributed by atoms with Crippen molar-refractivity contribution in [2.75, 3.05) is 13.1 Å². The van der Waals surface area contributed by atoms with Gasteiger partial charge in [0.2, 0.25) is 5.89 Å².